The van der Waals surface area contributed by atoms with Crippen LogP contribution in [0.5, 0.6) is 0 Å². The number of hydrogen-bond acceptors (Lipinski definition) is 4. The lowest BCUT2D eigenvalue weighted by Gasteiger charge is -2.10. The molecular formula is C12H24O3S. The van der Waals surface area contributed by atoms with E-state index in [-0.39, 0.29) is 11.2 Å². The van der Waals surface area contributed by atoms with Crippen LogP contribution in [0.3, 0.4) is 0 Å². The number of carbonyl (C=O) groups excluding carboxylic acids is 1. The van der Waals surface area contributed by atoms with Crippen LogP contribution >= 0.6 is 12.6 Å². The van der Waals surface area contributed by atoms with E-state index in [1.807, 2.05) is 0 Å². The molecule has 0 aromatic carbocycles. The molecule has 0 aromatic rings. The number of unbranched alkanes of at least 4 members (excludes halogenated alkanes) is 3. The molecule has 3 nitrogen and oxygen atoms in total. The molecule has 0 radical (unpaired) electrons. The van der Waals surface area contributed by atoms with Gasteiger partial charge in [-0.3, -0.25) is 4.79 Å². The molecule has 1 unspecified atom stereocenters. The molecule has 0 aliphatic heterocycles. The molecule has 0 spiro atoms. The highest BCUT2D eigenvalue weighted by Gasteiger charge is 2.14. The van der Waals surface area contributed by atoms with Gasteiger partial charge in [-0.2, -0.15) is 12.6 Å². The lowest BCUT2D eigenvalue weighted by molar-refractivity contribution is -0.143. The molecule has 16 heavy (non-hydrogen) atoms. The highest BCUT2D eigenvalue weighted by Crippen LogP contribution is 2.11. The first-order chi connectivity index (χ1) is 7.72. The second-order valence-electron chi connectivity index (χ2n) is 3.88. The van der Waals surface area contributed by atoms with Crippen LogP contribution in [0.15, 0.2) is 0 Å². The third-order valence-corrected chi connectivity index (χ3v) is 2.81. The van der Waals surface area contributed by atoms with Crippen LogP contribution in [0.4, 0.5) is 0 Å². The summed E-state index contributed by atoms with van der Waals surface area (Å²) in [4.78, 5) is 11.4. The monoisotopic (exact) mass is 248 g/mol. The first-order valence-corrected chi connectivity index (χ1v) is 6.57. The zero-order chi connectivity index (χ0) is 12.2. The average Bonchev–Trinajstić information content (AvgIpc) is 2.29. The minimum atomic E-state index is -0.264. The van der Waals surface area contributed by atoms with Crippen molar-refractivity contribution in [3.63, 3.8) is 0 Å². The zero-order valence-corrected chi connectivity index (χ0v) is 11.3. The summed E-state index contributed by atoms with van der Waals surface area (Å²) in [6.07, 6.45) is 6.21. The van der Waals surface area contributed by atoms with E-state index in [1.165, 1.54) is 19.3 Å². The van der Waals surface area contributed by atoms with Crippen LogP contribution in [-0.4, -0.2) is 31.5 Å². The summed E-state index contributed by atoms with van der Waals surface area (Å²) in [5.74, 6) is -0.198. The maximum atomic E-state index is 11.4. The Hall–Kier alpha value is -0.220. The normalized spacial score (nSPS) is 12.4. The minimum absolute atomic E-state index is 0.198. The van der Waals surface area contributed by atoms with Gasteiger partial charge in [0.05, 0.1) is 11.9 Å². The molecule has 0 heterocycles. The molecule has 0 fully saturated rings. The van der Waals surface area contributed by atoms with E-state index in [0.29, 0.717) is 13.2 Å². The summed E-state index contributed by atoms with van der Waals surface area (Å²) in [5.41, 5.74) is 0. The van der Waals surface area contributed by atoms with E-state index < -0.39 is 0 Å². The van der Waals surface area contributed by atoms with Crippen LogP contribution in [0.25, 0.3) is 0 Å². The van der Waals surface area contributed by atoms with Gasteiger partial charge in [0, 0.05) is 20.1 Å². The van der Waals surface area contributed by atoms with Crippen LogP contribution < -0.4 is 0 Å². The summed E-state index contributed by atoms with van der Waals surface area (Å²) >= 11 is 4.25. The van der Waals surface area contributed by atoms with E-state index in [4.69, 9.17) is 9.47 Å². The number of ether oxygens (including phenoxy) is 2. The smallest absolute Gasteiger partial charge is 0.318 e. The van der Waals surface area contributed by atoms with Gasteiger partial charge in [-0.15, -0.1) is 0 Å². The molecule has 0 N–H and O–H groups in total. The Balaban J connectivity index is 3.42. The van der Waals surface area contributed by atoms with E-state index in [2.05, 4.69) is 19.6 Å². The summed E-state index contributed by atoms with van der Waals surface area (Å²) in [5, 5.41) is -0.264. The van der Waals surface area contributed by atoms with Crippen molar-refractivity contribution in [3.05, 3.63) is 0 Å². The predicted molar refractivity (Wildman–Crippen MR) is 69.0 cm³/mol. The van der Waals surface area contributed by atoms with E-state index in [1.54, 1.807) is 7.11 Å². The standard InChI is InChI=1S/C12H24O3S/c1-3-4-5-6-8-11(16)12(13)15-10-7-9-14-2/h11,16H,3-10H2,1-2H3. The van der Waals surface area contributed by atoms with Gasteiger partial charge in [-0.1, -0.05) is 32.6 Å². The number of rotatable bonds is 10. The fraction of sp³-hybridized carbons (Fsp3) is 0.917. The molecule has 0 aliphatic carbocycles. The fourth-order valence-corrected chi connectivity index (χ4v) is 1.61. The lowest BCUT2D eigenvalue weighted by atomic mass is 10.1. The Labute approximate surface area is 104 Å². The summed E-state index contributed by atoms with van der Waals surface area (Å²) in [6, 6.07) is 0. The van der Waals surface area contributed by atoms with Gasteiger partial charge in [0.2, 0.25) is 0 Å². The lowest BCUT2D eigenvalue weighted by Crippen LogP contribution is -2.19. The molecule has 4 heteroatoms. The Morgan fingerprint density at radius 1 is 1.19 bits per heavy atom. The quantitative estimate of drug-likeness (QED) is 0.367. The molecule has 0 amide bonds. The van der Waals surface area contributed by atoms with Crippen molar-refractivity contribution in [2.45, 2.75) is 50.7 Å². The second kappa shape index (κ2) is 11.3. The van der Waals surface area contributed by atoms with Crippen LogP contribution in [-0.2, 0) is 14.3 Å². The number of esters is 1. The van der Waals surface area contributed by atoms with Crippen molar-refractivity contribution in [1.29, 1.82) is 0 Å². The zero-order valence-electron chi connectivity index (χ0n) is 10.4. The van der Waals surface area contributed by atoms with E-state index >= 15 is 0 Å². The third-order valence-electron chi connectivity index (χ3n) is 2.34. The Morgan fingerprint density at radius 3 is 2.56 bits per heavy atom. The van der Waals surface area contributed by atoms with Gasteiger partial charge in [0.25, 0.3) is 0 Å². The maximum Gasteiger partial charge on any atom is 0.318 e. The van der Waals surface area contributed by atoms with Gasteiger partial charge in [-0.05, 0) is 6.42 Å². The Kier molecular flexibility index (Phi) is 11.1. The molecule has 0 bridgehead atoms. The largest absolute Gasteiger partial charge is 0.465 e. The first-order valence-electron chi connectivity index (χ1n) is 6.06. The van der Waals surface area contributed by atoms with Crippen LogP contribution in [0.1, 0.15) is 45.4 Å². The molecular weight excluding hydrogens is 224 g/mol. The fourth-order valence-electron chi connectivity index (χ4n) is 1.35. The highest BCUT2D eigenvalue weighted by molar-refractivity contribution is 7.81. The van der Waals surface area contributed by atoms with Crippen molar-refractivity contribution >= 4 is 18.6 Å². The number of hydrogen-bond donors (Lipinski definition) is 1. The van der Waals surface area contributed by atoms with Crippen molar-refractivity contribution in [2.75, 3.05) is 20.3 Å². The molecule has 0 rings (SSSR count). The molecule has 0 saturated heterocycles. The molecule has 1 atom stereocenters. The van der Waals surface area contributed by atoms with Crippen LogP contribution in [0, 0.1) is 0 Å². The van der Waals surface area contributed by atoms with Crippen molar-refractivity contribution in [3.8, 4) is 0 Å². The van der Waals surface area contributed by atoms with Crippen LogP contribution in [0.2, 0.25) is 0 Å². The second-order valence-corrected chi connectivity index (χ2v) is 4.50. The summed E-state index contributed by atoms with van der Waals surface area (Å²) in [7, 11) is 1.64. The molecule has 0 aliphatic rings. The van der Waals surface area contributed by atoms with Gasteiger partial charge in [0.1, 0.15) is 0 Å². The van der Waals surface area contributed by atoms with Gasteiger partial charge >= 0.3 is 5.97 Å². The third kappa shape index (κ3) is 9.04. The first kappa shape index (κ1) is 15.8. The topological polar surface area (TPSA) is 35.5 Å². The van der Waals surface area contributed by atoms with Gasteiger partial charge < -0.3 is 9.47 Å². The average molecular weight is 248 g/mol. The number of methoxy groups -OCH3 is 1. The minimum Gasteiger partial charge on any atom is -0.465 e. The van der Waals surface area contributed by atoms with Crippen molar-refractivity contribution in [1.82, 2.24) is 0 Å². The molecule has 96 valence electrons. The number of thiol groups is 1. The Bertz CT molecular complexity index is 174. The number of carbonyl (C=O) groups is 1. The van der Waals surface area contributed by atoms with E-state index in [0.717, 1.165) is 19.3 Å². The van der Waals surface area contributed by atoms with Crippen molar-refractivity contribution in [2.24, 2.45) is 0 Å². The van der Waals surface area contributed by atoms with Crippen molar-refractivity contribution < 1.29 is 14.3 Å². The van der Waals surface area contributed by atoms with E-state index in [9.17, 15) is 4.79 Å². The SMILES string of the molecule is CCCCCCC(S)C(=O)OCCCOC. The van der Waals surface area contributed by atoms with Gasteiger partial charge in [0.15, 0.2) is 0 Å². The van der Waals surface area contributed by atoms with Gasteiger partial charge in [-0.25, -0.2) is 0 Å². The molecule has 0 aromatic heterocycles. The summed E-state index contributed by atoms with van der Waals surface area (Å²) < 4.78 is 9.93. The summed E-state index contributed by atoms with van der Waals surface area (Å²) in [6.45, 7) is 3.22. The maximum absolute atomic E-state index is 11.4. The molecule has 0 saturated carbocycles. The predicted octanol–water partition coefficient (Wildman–Crippen LogP) is 2.83. The Morgan fingerprint density at radius 2 is 1.94 bits per heavy atom. The highest BCUT2D eigenvalue weighted by atomic mass is 32.1.